The lowest BCUT2D eigenvalue weighted by molar-refractivity contribution is 0.669. The second-order valence-electron chi connectivity index (χ2n) is 4.57. The molecule has 0 atom stereocenters. The summed E-state index contributed by atoms with van der Waals surface area (Å²) < 4.78 is 1.10. The van der Waals surface area contributed by atoms with Crippen molar-refractivity contribution in [1.29, 1.82) is 0 Å². The van der Waals surface area contributed by atoms with Crippen LogP contribution in [-0.2, 0) is 6.54 Å². The van der Waals surface area contributed by atoms with Gasteiger partial charge < -0.3 is 5.32 Å². The predicted molar refractivity (Wildman–Crippen MR) is 87.0 cm³/mol. The van der Waals surface area contributed by atoms with Crippen molar-refractivity contribution >= 4 is 27.7 Å². The summed E-state index contributed by atoms with van der Waals surface area (Å²) in [6.07, 6.45) is 4.84. The minimum absolute atomic E-state index is 0.787. The average molecular weight is 352 g/mol. The quantitative estimate of drug-likeness (QED) is 0.625. The third kappa shape index (κ3) is 4.58. The van der Waals surface area contributed by atoms with Crippen molar-refractivity contribution in [3.63, 3.8) is 0 Å². The van der Waals surface area contributed by atoms with E-state index in [2.05, 4.69) is 56.3 Å². The number of hydrogen-bond acceptors (Lipinski definition) is 4. The molecule has 0 aliphatic carbocycles. The summed E-state index contributed by atoms with van der Waals surface area (Å²) in [6, 6.07) is 6.32. The van der Waals surface area contributed by atoms with Gasteiger partial charge in [-0.15, -0.1) is 0 Å². The monoisotopic (exact) mass is 351 g/mol. The van der Waals surface area contributed by atoms with Crippen LogP contribution in [0.25, 0.3) is 0 Å². The molecular weight excluding hydrogens is 334 g/mol. The van der Waals surface area contributed by atoms with Gasteiger partial charge in [-0.1, -0.05) is 22.9 Å². The van der Waals surface area contributed by atoms with Crippen molar-refractivity contribution < 1.29 is 0 Å². The van der Waals surface area contributed by atoms with Gasteiger partial charge in [-0.3, -0.25) is 0 Å². The third-order valence-electron chi connectivity index (χ3n) is 2.72. The van der Waals surface area contributed by atoms with E-state index >= 15 is 0 Å². The first kappa shape index (κ1) is 15.5. The van der Waals surface area contributed by atoms with Crippen molar-refractivity contribution in [2.24, 2.45) is 0 Å². The molecule has 106 valence electrons. The number of nitrogens with one attached hydrogen (secondary N) is 1. The molecule has 0 radical (unpaired) electrons. The Morgan fingerprint density at radius 1 is 1.25 bits per heavy atom. The molecule has 0 amide bonds. The van der Waals surface area contributed by atoms with Crippen LogP contribution in [0.3, 0.4) is 0 Å². The zero-order valence-corrected chi connectivity index (χ0v) is 14.1. The number of rotatable bonds is 6. The van der Waals surface area contributed by atoms with Crippen molar-refractivity contribution in [3.05, 3.63) is 46.2 Å². The molecule has 0 aliphatic rings. The maximum Gasteiger partial charge on any atom is 0.192 e. The number of hydrogen-bond donors (Lipinski definition) is 1. The number of nitrogens with zero attached hydrogens (tertiary/aromatic N) is 2. The van der Waals surface area contributed by atoms with Crippen LogP contribution in [0.15, 0.2) is 45.1 Å². The summed E-state index contributed by atoms with van der Waals surface area (Å²) in [5, 5.41) is 4.23. The lowest BCUT2D eigenvalue weighted by Crippen LogP contribution is -2.14. The van der Waals surface area contributed by atoms with Crippen LogP contribution < -0.4 is 5.32 Å². The van der Waals surface area contributed by atoms with Crippen LogP contribution in [0.4, 0.5) is 0 Å². The van der Waals surface area contributed by atoms with Crippen LogP contribution in [0, 0.1) is 6.92 Å². The average Bonchev–Trinajstić information content (AvgIpc) is 2.44. The normalized spacial score (nSPS) is 10.8. The molecule has 1 N–H and O–H groups in total. The largest absolute Gasteiger partial charge is 0.313 e. The first-order valence-corrected chi connectivity index (χ1v) is 8.25. The van der Waals surface area contributed by atoms with Gasteiger partial charge in [0.1, 0.15) is 0 Å². The molecule has 3 nitrogen and oxygen atoms in total. The highest BCUT2D eigenvalue weighted by Crippen LogP contribution is 2.30. The standard InChI is InChI=1S/C15H18BrN3S/c1-3-6-17-10-12-7-13(16)4-5-14(12)20-15-18-8-11(2)9-19-15/h4-5,7-9,17H,3,6,10H2,1-2H3. The molecular formula is C15H18BrN3S. The van der Waals surface area contributed by atoms with Crippen LogP contribution in [0.1, 0.15) is 24.5 Å². The van der Waals surface area contributed by atoms with Gasteiger partial charge in [-0.05, 0) is 61.0 Å². The zero-order chi connectivity index (χ0) is 14.4. The van der Waals surface area contributed by atoms with Crippen LogP contribution in [0.2, 0.25) is 0 Å². The van der Waals surface area contributed by atoms with E-state index in [0.717, 1.165) is 34.7 Å². The van der Waals surface area contributed by atoms with E-state index in [0.29, 0.717) is 0 Å². The van der Waals surface area contributed by atoms with E-state index in [1.165, 1.54) is 10.5 Å². The van der Waals surface area contributed by atoms with Gasteiger partial charge in [0, 0.05) is 28.3 Å². The highest BCUT2D eigenvalue weighted by molar-refractivity contribution is 9.10. The van der Waals surface area contributed by atoms with Gasteiger partial charge in [0.15, 0.2) is 5.16 Å². The molecule has 0 aliphatic heterocycles. The number of halogens is 1. The summed E-state index contributed by atoms with van der Waals surface area (Å²) in [5.74, 6) is 0. The minimum atomic E-state index is 0.787. The molecule has 0 fully saturated rings. The van der Waals surface area contributed by atoms with E-state index in [4.69, 9.17) is 0 Å². The van der Waals surface area contributed by atoms with E-state index in [1.54, 1.807) is 11.8 Å². The van der Waals surface area contributed by atoms with E-state index in [-0.39, 0.29) is 0 Å². The third-order valence-corrected chi connectivity index (χ3v) is 4.23. The Balaban J connectivity index is 2.15. The van der Waals surface area contributed by atoms with Gasteiger partial charge in [0.25, 0.3) is 0 Å². The first-order valence-electron chi connectivity index (χ1n) is 6.64. The maximum absolute atomic E-state index is 4.35. The fraction of sp³-hybridized carbons (Fsp3) is 0.333. The Bertz CT molecular complexity index is 558. The Morgan fingerprint density at radius 3 is 2.70 bits per heavy atom. The molecule has 5 heteroatoms. The zero-order valence-electron chi connectivity index (χ0n) is 11.7. The predicted octanol–water partition coefficient (Wildman–Crippen LogP) is 4.20. The topological polar surface area (TPSA) is 37.8 Å². The number of benzene rings is 1. The van der Waals surface area contributed by atoms with Gasteiger partial charge in [-0.2, -0.15) is 0 Å². The summed E-state index contributed by atoms with van der Waals surface area (Å²) in [5.41, 5.74) is 2.34. The van der Waals surface area contributed by atoms with Crippen LogP contribution in [0.5, 0.6) is 0 Å². The van der Waals surface area contributed by atoms with Gasteiger partial charge in [-0.25, -0.2) is 9.97 Å². The number of aryl methyl sites for hydroxylation is 1. The van der Waals surface area contributed by atoms with Gasteiger partial charge in [0.05, 0.1) is 0 Å². The molecule has 2 aromatic rings. The lowest BCUT2D eigenvalue weighted by Gasteiger charge is -2.10. The molecule has 0 saturated carbocycles. The van der Waals surface area contributed by atoms with Crippen molar-refractivity contribution in [2.75, 3.05) is 6.54 Å². The first-order chi connectivity index (χ1) is 9.69. The molecule has 0 unspecified atom stereocenters. The Kier molecular flexibility index (Phi) is 6.01. The van der Waals surface area contributed by atoms with Crippen LogP contribution in [-0.4, -0.2) is 16.5 Å². The SMILES string of the molecule is CCCNCc1cc(Br)ccc1Sc1ncc(C)cn1. The van der Waals surface area contributed by atoms with E-state index in [1.807, 2.05) is 19.3 Å². The summed E-state index contributed by atoms with van der Waals surface area (Å²) in [6.45, 7) is 6.05. The Morgan fingerprint density at radius 2 is 2.00 bits per heavy atom. The number of aromatic nitrogens is 2. The summed E-state index contributed by atoms with van der Waals surface area (Å²) >= 11 is 5.14. The highest BCUT2D eigenvalue weighted by atomic mass is 79.9. The molecule has 1 aromatic heterocycles. The Labute approximate surface area is 132 Å². The van der Waals surface area contributed by atoms with Crippen molar-refractivity contribution in [2.45, 2.75) is 36.9 Å². The highest BCUT2D eigenvalue weighted by Gasteiger charge is 2.07. The van der Waals surface area contributed by atoms with E-state index in [9.17, 15) is 0 Å². The molecule has 1 heterocycles. The lowest BCUT2D eigenvalue weighted by atomic mass is 10.2. The van der Waals surface area contributed by atoms with Gasteiger partial charge >= 0.3 is 0 Å². The molecule has 0 bridgehead atoms. The summed E-state index contributed by atoms with van der Waals surface area (Å²) in [7, 11) is 0. The Hall–Kier alpha value is -0.910. The van der Waals surface area contributed by atoms with Crippen LogP contribution >= 0.6 is 27.7 Å². The van der Waals surface area contributed by atoms with Crippen molar-refractivity contribution in [3.8, 4) is 0 Å². The second-order valence-corrected chi connectivity index (χ2v) is 6.50. The van der Waals surface area contributed by atoms with Crippen molar-refractivity contribution in [1.82, 2.24) is 15.3 Å². The summed E-state index contributed by atoms with van der Waals surface area (Å²) in [4.78, 5) is 9.90. The van der Waals surface area contributed by atoms with E-state index < -0.39 is 0 Å². The second kappa shape index (κ2) is 7.76. The molecule has 20 heavy (non-hydrogen) atoms. The maximum atomic E-state index is 4.35. The molecule has 1 aromatic carbocycles. The molecule has 0 spiro atoms. The fourth-order valence-electron chi connectivity index (χ4n) is 1.72. The minimum Gasteiger partial charge on any atom is -0.313 e. The molecule has 2 rings (SSSR count). The molecule has 0 saturated heterocycles. The fourth-order valence-corrected chi connectivity index (χ4v) is 2.93. The smallest absolute Gasteiger partial charge is 0.192 e. The van der Waals surface area contributed by atoms with Gasteiger partial charge in [0.2, 0.25) is 0 Å².